The molecule has 3 nitrogen and oxygen atoms in total. The summed E-state index contributed by atoms with van der Waals surface area (Å²) < 4.78 is 4.40. The third kappa shape index (κ3) is 6.24. The van der Waals surface area contributed by atoms with Crippen molar-refractivity contribution in [2.75, 3.05) is 0 Å². The molecule has 0 unspecified atom stereocenters. The monoisotopic (exact) mass is 943 g/mol. The highest BCUT2D eigenvalue weighted by Crippen LogP contribution is 2.61. The first-order valence-electron chi connectivity index (χ1n) is 26.0. The van der Waals surface area contributed by atoms with E-state index in [9.17, 15) is 0 Å². The first-order valence-corrected chi connectivity index (χ1v) is 26.0. The molecule has 0 aliphatic heterocycles. The van der Waals surface area contributed by atoms with Crippen LogP contribution in [0.4, 0.5) is 0 Å². The highest BCUT2D eigenvalue weighted by molar-refractivity contribution is 5.90. The minimum atomic E-state index is -0.726. The fraction of sp³-hybridized carbons (Fsp3) is 0.200. The van der Waals surface area contributed by atoms with Gasteiger partial charge in [-0.1, -0.05) is 206 Å². The van der Waals surface area contributed by atoms with Gasteiger partial charge >= 0.3 is 0 Å². The van der Waals surface area contributed by atoms with Gasteiger partial charge in [0.05, 0.1) is 23.6 Å². The number of aromatic nitrogens is 3. The number of rotatable bonds is 6. The maximum absolute atomic E-state index is 5.47. The van der Waals surface area contributed by atoms with Gasteiger partial charge in [-0.05, 0) is 155 Å². The first-order chi connectivity index (χ1) is 35.1. The number of benzene rings is 8. The number of imidazole rings is 1. The van der Waals surface area contributed by atoms with Crippen LogP contribution in [-0.2, 0) is 28.8 Å². The molecule has 3 aliphatic carbocycles. The second kappa shape index (κ2) is 15.8. The Labute approximate surface area is 431 Å². The fourth-order valence-corrected chi connectivity index (χ4v) is 13.5. The zero-order chi connectivity index (χ0) is 50.3. The maximum Gasteiger partial charge on any atom is 0.204 e. The lowest BCUT2D eigenvalue weighted by atomic mass is 9.63. The standard InChI is InChI=1S/C70H61N3/c1-43-17-23-54-55-24-18-44(2)34-61(55)68(60(54)33-43,51-14-12-16-53(40-51)70(73-32-31-72(10)42-73)64-37-47(5)21-27-58(64)59-28-22-48(6)38-65(59)70)50-13-11-15-52(39-50)69(66-41-49(29-30-71-66)67(7,8)9)62-35-45(3)19-25-56(62)57-26-20-46(4)36-63(57)69/h11-41H,1-10H3. The summed E-state index contributed by atoms with van der Waals surface area (Å²) in [6.07, 6.45) is 10.2. The number of hydrogen-bond acceptors (Lipinski definition) is 1. The predicted octanol–water partition coefficient (Wildman–Crippen LogP) is 15.2. The molecule has 2 aromatic heterocycles. The molecule has 0 amide bonds. The molecule has 0 saturated heterocycles. The minimum Gasteiger partial charge on any atom is -0.354 e. The van der Waals surface area contributed by atoms with Crippen LogP contribution in [0.5, 0.6) is 0 Å². The summed E-state index contributed by atoms with van der Waals surface area (Å²) in [6.45, 7) is 20.3. The first kappa shape index (κ1) is 45.0. The van der Waals surface area contributed by atoms with E-state index in [0.717, 1.165) is 5.69 Å². The predicted molar refractivity (Wildman–Crippen MR) is 298 cm³/mol. The molecule has 0 radical (unpaired) electrons. The van der Waals surface area contributed by atoms with Gasteiger partial charge in [-0.2, -0.15) is 0 Å². The molecular formula is C70H61N3. The van der Waals surface area contributed by atoms with Crippen LogP contribution < -0.4 is 4.57 Å². The van der Waals surface area contributed by atoms with E-state index in [1.807, 2.05) is 6.20 Å². The van der Waals surface area contributed by atoms with Crippen molar-refractivity contribution in [3.8, 4) is 33.4 Å². The summed E-state index contributed by atoms with van der Waals surface area (Å²) in [5.41, 5.74) is 27.6. The van der Waals surface area contributed by atoms with Crippen LogP contribution in [0.1, 0.15) is 121 Å². The average molecular weight is 944 g/mol. The van der Waals surface area contributed by atoms with Crippen molar-refractivity contribution in [3.63, 3.8) is 0 Å². The molecule has 0 bridgehead atoms. The molecular weight excluding hydrogens is 883 g/mol. The lowest BCUT2D eigenvalue weighted by Crippen LogP contribution is -2.38. The summed E-state index contributed by atoms with van der Waals surface area (Å²) >= 11 is 0. The Kier molecular flexibility index (Phi) is 9.75. The van der Waals surface area contributed by atoms with Crippen molar-refractivity contribution < 1.29 is 4.57 Å². The molecule has 0 fully saturated rings. The highest BCUT2D eigenvalue weighted by atomic mass is 15.2. The molecule has 2 heterocycles. The zero-order valence-electron chi connectivity index (χ0n) is 43.7. The number of nitrogens with zero attached hydrogens (tertiary/aromatic N) is 3. The number of hydrogen-bond donors (Lipinski definition) is 0. The lowest BCUT2D eigenvalue weighted by molar-refractivity contribution is -0.675. The van der Waals surface area contributed by atoms with E-state index in [-0.39, 0.29) is 5.41 Å². The van der Waals surface area contributed by atoms with Crippen LogP contribution in [0.2, 0.25) is 0 Å². The van der Waals surface area contributed by atoms with Crippen molar-refractivity contribution in [1.82, 2.24) is 9.55 Å². The number of fused-ring (bicyclic) bond motifs is 9. The van der Waals surface area contributed by atoms with E-state index in [1.54, 1.807) is 0 Å². The normalized spacial score (nSPS) is 15.0. The topological polar surface area (TPSA) is 21.7 Å². The summed E-state index contributed by atoms with van der Waals surface area (Å²) in [4.78, 5) is 5.47. The van der Waals surface area contributed by atoms with E-state index < -0.39 is 16.4 Å². The van der Waals surface area contributed by atoms with E-state index in [2.05, 4.69) is 267 Å². The molecule has 3 aliphatic rings. The molecule has 73 heavy (non-hydrogen) atoms. The zero-order valence-corrected chi connectivity index (χ0v) is 43.7. The highest BCUT2D eigenvalue weighted by Gasteiger charge is 2.53. The van der Waals surface area contributed by atoms with Crippen molar-refractivity contribution in [2.45, 2.75) is 84.1 Å². The third-order valence-electron chi connectivity index (χ3n) is 16.8. The van der Waals surface area contributed by atoms with Gasteiger partial charge in [0.15, 0.2) is 5.54 Å². The van der Waals surface area contributed by atoms with Gasteiger partial charge in [0.2, 0.25) is 6.33 Å². The summed E-state index contributed by atoms with van der Waals surface area (Å²) in [7, 11) is 2.08. The van der Waals surface area contributed by atoms with Crippen molar-refractivity contribution in [2.24, 2.45) is 7.05 Å². The van der Waals surface area contributed by atoms with Crippen LogP contribution in [0.15, 0.2) is 188 Å². The Morgan fingerprint density at radius 2 is 0.795 bits per heavy atom. The van der Waals surface area contributed by atoms with Crippen LogP contribution >= 0.6 is 0 Å². The van der Waals surface area contributed by atoms with Gasteiger partial charge in [-0.15, -0.1) is 0 Å². The number of aryl methyl sites for hydroxylation is 7. The molecule has 0 atom stereocenters. The van der Waals surface area contributed by atoms with E-state index in [0.29, 0.717) is 0 Å². The Morgan fingerprint density at radius 1 is 0.425 bits per heavy atom. The molecule has 10 aromatic rings. The molecule has 13 rings (SSSR count). The average Bonchev–Trinajstić information content (AvgIpc) is 4.09. The molecule has 0 spiro atoms. The van der Waals surface area contributed by atoms with Crippen LogP contribution in [0.3, 0.4) is 0 Å². The van der Waals surface area contributed by atoms with Crippen LogP contribution in [0, 0.1) is 47.9 Å². The summed E-state index contributed by atoms with van der Waals surface area (Å²) in [5.74, 6) is 0. The van der Waals surface area contributed by atoms with Crippen molar-refractivity contribution in [1.29, 1.82) is 0 Å². The smallest absolute Gasteiger partial charge is 0.204 e. The van der Waals surface area contributed by atoms with Gasteiger partial charge in [-0.3, -0.25) is 4.98 Å². The Hall–Kier alpha value is -7.88. The van der Waals surface area contributed by atoms with Gasteiger partial charge in [0.25, 0.3) is 0 Å². The minimum absolute atomic E-state index is 0.0861. The van der Waals surface area contributed by atoms with Crippen molar-refractivity contribution in [3.05, 3.63) is 295 Å². The second-order valence-corrected chi connectivity index (χ2v) is 22.7. The Bertz CT molecular complexity index is 3790. The third-order valence-corrected chi connectivity index (χ3v) is 16.8. The van der Waals surface area contributed by atoms with Gasteiger partial charge in [-0.25, -0.2) is 0 Å². The molecule has 3 heteroatoms. The largest absolute Gasteiger partial charge is 0.354 e. The maximum atomic E-state index is 5.47. The molecule has 0 saturated carbocycles. The van der Waals surface area contributed by atoms with Gasteiger partial charge in [0, 0.05) is 22.9 Å². The molecule has 8 aromatic carbocycles. The Balaban J connectivity index is 1.16. The molecule has 356 valence electrons. The SMILES string of the molecule is Cc1ccc2c(c1)C(c1cccc(C3(c4cc(C(C)(C)C)ccn4)c4cc(C)ccc4-c4ccc(C)cc43)c1)(c1cccc(C3(n4[c-][n+](C)cc4)c4cc(C)ccc4-c4ccc(C)cc43)c1)c1cc(C)ccc1-2. The van der Waals surface area contributed by atoms with Gasteiger partial charge < -0.3 is 9.13 Å². The summed E-state index contributed by atoms with van der Waals surface area (Å²) in [6, 6.07) is 66.4. The van der Waals surface area contributed by atoms with E-state index in [4.69, 9.17) is 4.98 Å². The Morgan fingerprint density at radius 3 is 1.21 bits per heavy atom. The van der Waals surface area contributed by atoms with E-state index in [1.165, 1.54) is 128 Å². The quantitative estimate of drug-likeness (QED) is 0.120. The second-order valence-electron chi connectivity index (χ2n) is 22.7. The molecule has 0 N–H and O–H groups in total. The van der Waals surface area contributed by atoms with Crippen LogP contribution in [-0.4, -0.2) is 9.55 Å². The number of pyridine rings is 1. The fourth-order valence-electron chi connectivity index (χ4n) is 13.5. The van der Waals surface area contributed by atoms with Crippen molar-refractivity contribution >= 4 is 0 Å². The summed E-state index contributed by atoms with van der Waals surface area (Å²) in [5, 5.41) is 0. The van der Waals surface area contributed by atoms with Crippen LogP contribution in [0.25, 0.3) is 33.4 Å². The lowest BCUT2D eigenvalue weighted by Gasteiger charge is -2.39. The van der Waals surface area contributed by atoms with E-state index >= 15 is 0 Å². The van der Waals surface area contributed by atoms with Gasteiger partial charge in [0.1, 0.15) is 0 Å².